The van der Waals surface area contributed by atoms with Crippen molar-refractivity contribution in [1.29, 1.82) is 0 Å². The van der Waals surface area contributed by atoms with Gasteiger partial charge in [0.15, 0.2) is 0 Å². The third-order valence-electron chi connectivity index (χ3n) is 3.67. The van der Waals surface area contributed by atoms with Crippen molar-refractivity contribution in [2.75, 3.05) is 7.05 Å². The van der Waals surface area contributed by atoms with Gasteiger partial charge in [0.2, 0.25) is 10.0 Å². The number of rotatable bonds is 4. The molecule has 1 N–H and O–H groups in total. The fourth-order valence-electron chi connectivity index (χ4n) is 2.47. The minimum Gasteiger partial charge on any atom is -0.392 e. The molecule has 0 heterocycles. The van der Waals surface area contributed by atoms with E-state index in [9.17, 15) is 12.8 Å². The summed E-state index contributed by atoms with van der Waals surface area (Å²) in [4.78, 5) is -0.320. The minimum atomic E-state index is -3.80. The lowest BCUT2D eigenvalue weighted by atomic mass is 10.2. The van der Waals surface area contributed by atoms with Crippen LogP contribution in [-0.2, 0) is 16.6 Å². The molecule has 1 aliphatic rings. The molecule has 0 spiro atoms. The predicted octanol–water partition coefficient (Wildman–Crippen LogP) is 1.88. The lowest BCUT2D eigenvalue weighted by molar-refractivity contribution is 0.281. The lowest BCUT2D eigenvalue weighted by Gasteiger charge is -2.23. The first-order valence-corrected chi connectivity index (χ1v) is 7.78. The van der Waals surface area contributed by atoms with Crippen LogP contribution in [0.1, 0.15) is 31.2 Å². The first kappa shape index (κ1) is 14.4. The Kier molecular flexibility index (Phi) is 4.23. The van der Waals surface area contributed by atoms with Crippen molar-refractivity contribution in [1.82, 2.24) is 4.31 Å². The van der Waals surface area contributed by atoms with E-state index in [1.54, 1.807) is 0 Å². The largest absolute Gasteiger partial charge is 0.392 e. The molecule has 0 aliphatic heterocycles. The van der Waals surface area contributed by atoms with Gasteiger partial charge in [-0.2, -0.15) is 4.31 Å². The van der Waals surface area contributed by atoms with Crippen molar-refractivity contribution in [2.45, 2.75) is 43.2 Å². The molecule has 0 bridgehead atoms. The standard InChI is InChI=1S/C13H18FNO3S/c1-15(11-4-2-3-5-11)19(17,18)13-7-6-10(9-16)8-12(13)14/h6-8,11,16H,2-5,9H2,1H3. The quantitative estimate of drug-likeness (QED) is 0.920. The average molecular weight is 287 g/mol. The third-order valence-corrected chi connectivity index (χ3v) is 5.62. The number of benzene rings is 1. The number of hydrogen-bond donors (Lipinski definition) is 1. The molecule has 1 saturated carbocycles. The van der Waals surface area contributed by atoms with E-state index in [2.05, 4.69) is 0 Å². The SMILES string of the molecule is CN(C1CCCC1)S(=O)(=O)c1ccc(CO)cc1F. The molecule has 0 saturated heterocycles. The molecule has 0 atom stereocenters. The maximum atomic E-state index is 13.9. The minimum absolute atomic E-state index is 0.0399. The van der Waals surface area contributed by atoms with E-state index in [4.69, 9.17) is 5.11 Å². The van der Waals surface area contributed by atoms with Crippen LogP contribution in [0.5, 0.6) is 0 Å². The van der Waals surface area contributed by atoms with Crippen LogP contribution in [-0.4, -0.2) is 30.9 Å². The van der Waals surface area contributed by atoms with Gasteiger partial charge in [0, 0.05) is 13.1 Å². The summed E-state index contributed by atoms with van der Waals surface area (Å²) in [7, 11) is -2.30. The summed E-state index contributed by atoms with van der Waals surface area (Å²) < 4.78 is 39.9. The third kappa shape index (κ3) is 2.80. The molecule has 106 valence electrons. The molecule has 19 heavy (non-hydrogen) atoms. The van der Waals surface area contributed by atoms with Gasteiger partial charge in [-0.05, 0) is 30.5 Å². The summed E-state index contributed by atoms with van der Waals surface area (Å²) in [6.45, 7) is -0.310. The number of aliphatic hydroxyl groups is 1. The predicted molar refractivity (Wildman–Crippen MR) is 69.5 cm³/mol. The molecule has 1 aliphatic carbocycles. The fourth-order valence-corrected chi connectivity index (χ4v) is 3.93. The first-order chi connectivity index (χ1) is 8.96. The Hall–Kier alpha value is -0.980. The Balaban J connectivity index is 2.33. The Morgan fingerprint density at radius 3 is 2.53 bits per heavy atom. The lowest BCUT2D eigenvalue weighted by Crippen LogP contribution is -2.35. The number of aliphatic hydroxyl groups excluding tert-OH is 1. The topological polar surface area (TPSA) is 57.6 Å². The van der Waals surface area contributed by atoms with E-state index in [0.717, 1.165) is 31.7 Å². The molecule has 4 nitrogen and oxygen atoms in total. The fraction of sp³-hybridized carbons (Fsp3) is 0.538. The van der Waals surface area contributed by atoms with Crippen molar-refractivity contribution in [3.8, 4) is 0 Å². The van der Waals surface area contributed by atoms with Gasteiger partial charge in [-0.25, -0.2) is 12.8 Å². The average Bonchev–Trinajstić information content (AvgIpc) is 2.90. The zero-order chi connectivity index (χ0) is 14.0. The molecular weight excluding hydrogens is 269 g/mol. The van der Waals surface area contributed by atoms with Gasteiger partial charge in [0.1, 0.15) is 10.7 Å². The molecular formula is C13H18FNO3S. The smallest absolute Gasteiger partial charge is 0.245 e. The zero-order valence-electron chi connectivity index (χ0n) is 10.8. The molecule has 2 rings (SSSR count). The molecule has 0 amide bonds. The summed E-state index contributed by atoms with van der Waals surface area (Å²) in [6.07, 6.45) is 3.67. The van der Waals surface area contributed by atoms with E-state index in [0.29, 0.717) is 5.56 Å². The highest BCUT2D eigenvalue weighted by atomic mass is 32.2. The van der Waals surface area contributed by atoms with Crippen LogP contribution in [0.15, 0.2) is 23.1 Å². The molecule has 0 unspecified atom stereocenters. The van der Waals surface area contributed by atoms with Crippen molar-refractivity contribution in [3.05, 3.63) is 29.6 Å². The van der Waals surface area contributed by atoms with Crippen LogP contribution in [0.3, 0.4) is 0 Å². The monoisotopic (exact) mass is 287 g/mol. The van der Waals surface area contributed by atoms with Crippen LogP contribution >= 0.6 is 0 Å². The Morgan fingerprint density at radius 2 is 2.00 bits per heavy atom. The van der Waals surface area contributed by atoms with Crippen molar-refractivity contribution >= 4 is 10.0 Å². The van der Waals surface area contributed by atoms with E-state index in [1.807, 2.05) is 0 Å². The van der Waals surface area contributed by atoms with E-state index >= 15 is 0 Å². The summed E-state index contributed by atoms with van der Waals surface area (Å²) in [5.74, 6) is -0.809. The van der Waals surface area contributed by atoms with Gasteiger partial charge < -0.3 is 5.11 Å². The Bertz CT molecular complexity index is 553. The van der Waals surface area contributed by atoms with Crippen molar-refractivity contribution in [3.63, 3.8) is 0 Å². The van der Waals surface area contributed by atoms with Gasteiger partial charge in [-0.1, -0.05) is 18.9 Å². The molecule has 6 heteroatoms. The summed E-state index contributed by atoms with van der Waals surface area (Å²) in [5.41, 5.74) is 0.361. The molecule has 0 radical (unpaired) electrons. The molecule has 1 fully saturated rings. The Labute approximate surface area is 112 Å². The van der Waals surface area contributed by atoms with Gasteiger partial charge >= 0.3 is 0 Å². The molecule has 1 aromatic carbocycles. The van der Waals surface area contributed by atoms with Crippen LogP contribution in [0.2, 0.25) is 0 Å². The van der Waals surface area contributed by atoms with Gasteiger partial charge in [0.05, 0.1) is 6.61 Å². The van der Waals surface area contributed by atoms with Crippen LogP contribution in [0.25, 0.3) is 0 Å². The normalized spacial score (nSPS) is 17.3. The number of nitrogens with zero attached hydrogens (tertiary/aromatic N) is 1. The zero-order valence-corrected chi connectivity index (χ0v) is 11.7. The van der Waals surface area contributed by atoms with Gasteiger partial charge in [-0.3, -0.25) is 0 Å². The second-order valence-corrected chi connectivity index (χ2v) is 6.85. The number of hydrogen-bond acceptors (Lipinski definition) is 3. The maximum Gasteiger partial charge on any atom is 0.245 e. The molecule has 1 aromatic rings. The summed E-state index contributed by atoms with van der Waals surface area (Å²) in [5, 5.41) is 8.91. The number of halogens is 1. The van der Waals surface area contributed by atoms with Crippen LogP contribution in [0, 0.1) is 5.82 Å². The van der Waals surface area contributed by atoms with E-state index in [-0.39, 0.29) is 17.5 Å². The van der Waals surface area contributed by atoms with Gasteiger partial charge in [-0.15, -0.1) is 0 Å². The Morgan fingerprint density at radius 1 is 1.37 bits per heavy atom. The van der Waals surface area contributed by atoms with Crippen LogP contribution in [0.4, 0.5) is 4.39 Å². The summed E-state index contributed by atoms with van der Waals surface area (Å²) in [6, 6.07) is 3.68. The van der Waals surface area contributed by atoms with Crippen molar-refractivity contribution < 1.29 is 17.9 Å². The first-order valence-electron chi connectivity index (χ1n) is 6.34. The highest BCUT2D eigenvalue weighted by Gasteiger charge is 2.31. The molecule has 0 aromatic heterocycles. The highest BCUT2D eigenvalue weighted by molar-refractivity contribution is 7.89. The van der Waals surface area contributed by atoms with E-state index < -0.39 is 15.8 Å². The maximum absolute atomic E-state index is 13.9. The highest BCUT2D eigenvalue weighted by Crippen LogP contribution is 2.28. The number of sulfonamides is 1. The van der Waals surface area contributed by atoms with E-state index in [1.165, 1.54) is 23.5 Å². The second-order valence-electron chi connectivity index (χ2n) is 4.88. The second kappa shape index (κ2) is 5.56. The summed E-state index contributed by atoms with van der Waals surface area (Å²) >= 11 is 0. The van der Waals surface area contributed by atoms with Crippen LogP contribution < -0.4 is 0 Å². The van der Waals surface area contributed by atoms with Gasteiger partial charge in [0.25, 0.3) is 0 Å². The van der Waals surface area contributed by atoms with Crippen molar-refractivity contribution in [2.24, 2.45) is 0 Å².